The van der Waals surface area contributed by atoms with Crippen molar-refractivity contribution in [3.05, 3.63) is 96.6 Å². The molecule has 4 aliphatic rings. The molecule has 0 saturated carbocycles. The van der Waals surface area contributed by atoms with Crippen molar-refractivity contribution in [2.45, 2.75) is 34.0 Å². The number of allylic oxidation sites excluding steroid dienone is 1. The minimum absolute atomic E-state index is 0.408. The number of hydrogen-bond donors (Lipinski definition) is 0. The third kappa shape index (κ3) is 2.08. The molecule has 2 nitrogen and oxygen atoms in total. The highest BCUT2D eigenvalue weighted by molar-refractivity contribution is 8.00. The Labute approximate surface area is 202 Å². The van der Waals surface area contributed by atoms with Crippen LogP contribution in [0.5, 0.6) is 0 Å². The van der Waals surface area contributed by atoms with Crippen molar-refractivity contribution in [1.82, 2.24) is 0 Å². The summed E-state index contributed by atoms with van der Waals surface area (Å²) in [5.41, 5.74) is 9.17. The monoisotopic (exact) mass is 453 g/mol. The average molecular weight is 453 g/mol. The van der Waals surface area contributed by atoms with Gasteiger partial charge < -0.3 is 9.32 Å². The summed E-state index contributed by atoms with van der Waals surface area (Å²) in [6.45, 7) is 0.454. The first kappa shape index (κ1) is 18.0. The van der Waals surface area contributed by atoms with Crippen LogP contribution in [-0.2, 0) is 0 Å². The van der Waals surface area contributed by atoms with E-state index in [9.17, 15) is 0 Å². The van der Waals surface area contributed by atoms with Crippen molar-refractivity contribution >= 4 is 62.7 Å². The summed E-state index contributed by atoms with van der Waals surface area (Å²) in [7, 11) is 0. The lowest BCUT2D eigenvalue weighted by Gasteiger charge is -2.48. The zero-order valence-corrected chi connectivity index (χ0v) is 19.3. The van der Waals surface area contributed by atoms with Crippen molar-refractivity contribution < 1.29 is 4.42 Å². The van der Waals surface area contributed by atoms with Gasteiger partial charge >= 0.3 is 0 Å². The molecule has 3 aliphatic heterocycles. The molecule has 0 fully saturated rings. The van der Waals surface area contributed by atoms with Crippen LogP contribution in [0.4, 0.5) is 11.4 Å². The van der Waals surface area contributed by atoms with Crippen molar-refractivity contribution in [3.8, 4) is 0 Å². The van der Waals surface area contributed by atoms with Gasteiger partial charge in [0.2, 0.25) is 6.71 Å². The lowest BCUT2D eigenvalue weighted by Crippen LogP contribution is -2.60. The maximum Gasteiger partial charge on any atom is 0.220 e. The van der Waals surface area contributed by atoms with E-state index in [-0.39, 0.29) is 0 Å². The van der Waals surface area contributed by atoms with Crippen molar-refractivity contribution in [2.75, 3.05) is 4.90 Å². The predicted octanol–water partition coefficient (Wildman–Crippen LogP) is 6.61. The number of nitrogens with zero attached hydrogens (tertiary/aromatic N) is 1. The second kappa shape index (κ2) is 6.19. The lowest BCUT2D eigenvalue weighted by molar-refractivity contribution is 0.553. The normalized spacial score (nSPS) is 23.1. The highest BCUT2D eigenvalue weighted by Crippen LogP contribution is 2.57. The lowest BCUT2D eigenvalue weighted by atomic mass is 9.29. The van der Waals surface area contributed by atoms with Gasteiger partial charge in [-0.2, -0.15) is 0 Å². The number of rotatable bonds is 0. The topological polar surface area (TPSA) is 16.4 Å². The van der Waals surface area contributed by atoms with E-state index in [1.165, 1.54) is 48.4 Å². The number of benzene rings is 4. The zero-order valence-electron chi connectivity index (χ0n) is 18.4. The average Bonchev–Trinajstić information content (AvgIpc) is 3.41. The van der Waals surface area contributed by atoms with Gasteiger partial charge in [-0.15, -0.1) is 0 Å². The molecule has 9 rings (SSSR count). The summed E-state index contributed by atoms with van der Waals surface area (Å²) in [6.07, 6.45) is 6.06. The first-order valence-corrected chi connectivity index (χ1v) is 13.0. The molecular weight excluding hydrogens is 433 g/mol. The molecule has 0 N–H and O–H groups in total. The summed E-state index contributed by atoms with van der Waals surface area (Å²) in [5.74, 6) is 0.964. The van der Waals surface area contributed by atoms with Crippen LogP contribution in [-0.4, -0.2) is 12.8 Å². The van der Waals surface area contributed by atoms with Gasteiger partial charge in [0.15, 0.2) is 0 Å². The molecule has 1 aliphatic carbocycles. The Hall–Kier alpha value is -3.37. The quantitative estimate of drug-likeness (QED) is 0.194. The van der Waals surface area contributed by atoms with E-state index in [4.69, 9.17) is 4.42 Å². The molecule has 0 bridgehead atoms. The summed E-state index contributed by atoms with van der Waals surface area (Å²) in [6, 6.07) is 29.6. The zero-order chi connectivity index (χ0) is 22.0. The maximum absolute atomic E-state index is 6.33. The fraction of sp³-hybridized carbons (Fsp3) is 0.133. The molecule has 0 amide bonds. The molecule has 4 aromatic carbocycles. The molecule has 0 saturated heterocycles. The fourth-order valence-corrected chi connectivity index (χ4v) is 8.46. The molecule has 1 aromatic heterocycles. The second-order valence-electron chi connectivity index (χ2n) is 10.0. The summed E-state index contributed by atoms with van der Waals surface area (Å²) < 4.78 is 6.33. The minimum Gasteiger partial charge on any atom is -0.456 e. The summed E-state index contributed by atoms with van der Waals surface area (Å²) in [4.78, 5) is 5.52. The van der Waals surface area contributed by atoms with Crippen LogP contribution in [0.15, 0.2) is 105 Å². The van der Waals surface area contributed by atoms with Gasteiger partial charge in [-0.1, -0.05) is 71.8 Å². The van der Waals surface area contributed by atoms with E-state index < -0.39 is 0 Å². The van der Waals surface area contributed by atoms with Crippen molar-refractivity contribution in [2.24, 2.45) is 0 Å². The highest BCUT2D eigenvalue weighted by Gasteiger charge is 2.54. The fourth-order valence-electron chi connectivity index (χ4n) is 7.27. The maximum atomic E-state index is 6.33. The van der Waals surface area contributed by atoms with Crippen LogP contribution < -0.4 is 15.8 Å². The van der Waals surface area contributed by atoms with E-state index in [0.29, 0.717) is 24.5 Å². The van der Waals surface area contributed by atoms with Crippen LogP contribution in [0.2, 0.25) is 5.82 Å². The van der Waals surface area contributed by atoms with Crippen LogP contribution in [0.3, 0.4) is 0 Å². The second-order valence-corrected chi connectivity index (χ2v) is 11.1. The molecule has 5 aromatic rings. The standard InChI is InChI=1S/C30H20BNOS/c1-3-12-25-17(7-1)20-15-19-18-8-5-10-22-30(18)32(24(19)16-26(20)33-25)23-11-6-14-28-29(23)31(22)21-9-2-4-13-27(21)34-28/h1-9,11-16,18,22,30H,10H2. The molecule has 3 unspecified atom stereocenters. The number of fused-ring (bicyclic) bond motifs is 10. The van der Waals surface area contributed by atoms with Gasteiger partial charge in [0.25, 0.3) is 0 Å². The van der Waals surface area contributed by atoms with E-state index >= 15 is 0 Å². The van der Waals surface area contributed by atoms with Crippen molar-refractivity contribution in [1.29, 1.82) is 0 Å². The largest absolute Gasteiger partial charge is 0.456 e. The Kier molecular flexibility index (Phi) is 3.28. The van der Waals surface area contributed by atoms with Gasteiger partial charge in [-0.25, -0.2) is 0 Å². The summed E-state index contributed by atoms with van der Waals surface area (Å²) >= 11 is 1.94. The Morgan fingerprint density at radius 3 is 2.71 bits per heavy atom. The van der Waals surface area contributed by atoms with Crippen LogP contribution >= 0.6 is 11.8 Å². The first-order valence-electron chi connectivity index (χ1n) is 12.2. The molecule has 34 heavy (non-hydrogen) atoms. The van der Waals surface area contributed by atoms with Gasteiger partial charge in [0, 0.05) is 50.0 Å². The van der Waals surface area contributed by atoms with E-state index in [0.717, 1.165) is 17.6 Å². The Balaban J connectivity index is 1.35. The SMILES string of the molecule is C1=CC2c3cc4c(cc3N3c5cccc6c5B(c5ccccc5S6)C(C1)C23)oc1ccccc14. The van der Waals surface area contributed by atoms with Crippen LogP contribution in [0.25, 0.3) is 21.9 Å². The van der Waals surface area contributed by atoms with Gasteiger partial charge in [0.1, 0.15) is 11.2 Å². The molecule has 3 atom stereocenters. The molecule has 0 radical (unpaired) electrons. The highest BCUT2D eigenvalue weighted by atomic mass is 32.2. The van der Waals surface area contributed by atoms with Crippen LogP contribution in [0, 0.1) is 0 Å². The molecule has 0 spiro atoms. The molecule has 4 heterocycles. The van der Waals surface area contributed by atoms with Crippen LogP contribution in [0.1, 0.15) is 17.9 Å². The number of para-hydroxylation sites is 1. The Morgan fingerprint density at radius 2 is 1.71 bits per heavy atom. The number of anilines is 2. The molecular formula is C30H20BNOS. The van der Waals surface area contributed by atoms with Gasteiger partial charge in [-0.3, -0.25) is 0 Å². The smallest absolute Gasteiger partial charge is 0.220 e. The third-order valence-electron chi connectivity index (χ3n) is 8.52. The van der Waals surface area contributed by atoms with E-state index in [1.54, 1.807) is 0 Å². The third-order valence-corrected chi connectivity index (χ3v) is 9.68. The van der Waals surface area contributed by atoms with Crippen molar-refractivity contribution in [3.63, 3.8) is 0 Å². The Bertz CT molecular complexity index is 1720. The van der Waals surface area contributed by atoms with Gasteiger partial charge in [-0.05, 0) is 53.6 Å². The number of hydrogen-bond acceptors (Lipinski definition) is 3. The minimum atomic E-state index is 0.408. The summed E-state index contributed by atoms with van der Waals surface area (Å²) in [5, 5.41) is 2.45. The number of furan rings is 1. The van der Waals surface area contributed by atoms with Gasteiger partial charge in [0.05, 0.1) is 0 Å². The Morgan fingerprint density at radius 1 is 0.824 bits per heavy atom. The molecule has 160 valence electrons. The first-order chi connectivity index (χ1) is 16.9. The van der Waals surface area contributed by atoms with E-state index in [2.05, 4.69) is 95.9 Å². The predicted molar refractivity (Wildman–Crippen MR) is 142 cm³/mol. The van der Waals surface area contributed by atoms with E-state index in [1.807, 2.05) is 11.8 Å². The molecule has 4 heteroatoms.